The number of nitrogens with one attached hydrogen (secondary N) is 1. The molecule has 0 unspecified atom stereocenters. The summed E-state index contributed by atoms with van der Waals surface area (Å²) in [6.45, 7) is 19.7. The number of carbonyl (C=O) groups is 6. The molecule has 61 heavy (non-hydrogen) atoms. The summed E-state index contributed by atoms with van der Waals surface area (Å²) in [4.78, 5) is 71.4. The van der Waals surface area contributed by atoms with Crippen molar-refractivity contribution < 1.29 is 63.0 Å². The first-order valence-electron chi connectivity index (χ1n) is 18.8. The number of benzene rings is 2. The molecule has 1 amide bonds. The molecule has 0 bridgehead atoms. The SMILES string of the molecule is CC(C)(C)OC(=O)CN(CC(=O)OC(C)(C)C)C(=O)/C(C#N)=C/c1ccc(O)cc1.CC(C)(C)OC(=O)CNCC(=O)OC(C)(C)C.N#C/C(=C\c1ccc(O)cc1)C(=O)O. The summed E-state index contributed by atoms with van der Waals surface area (Å²) in [5, 5.41) is 47.5. The number of phenolic OH excluding ortho intramolecular Hbond substituents is 2. The predicted octanol–water partition coefficient (Wildman–Crippen LogP) is 5.45. The minimum atomic E-state index is -1.26. The van der Waals surface area contributed by atoms with Crippen LogP contribution in [0.5, 0.6) is 11.5 Å². The van der Waals surface area contributed by atoms with Crippen molar-refractivity contribution in [2.45, 2.75) is 105 Å². The molecule has 0 saturated carbocycles. The number of aromatic hydroxyl groups is 2. The molecule has 0 aliphatic rings. The molecule has 0 spiro atoms. The van der Waals surface area contributed by atoms with E-state index in [-0.39, 0.29) is 47.7 Å². The van der Waals surface area contributed by atoms with Gasteiger partial charge in [0.15, 0.2) is 0 Å². The van der Waals surface area contributed by atoms with E-state index in [1.54, 1.807) is 95.2 Å². The lowest BCUT2D eigenvalue weighted by Crippen LogP contribution is -2.43. The Labute approximate surface area is 357 Å². The Bertz CT molecular complexity index is 1900. The van der Waals surface area contributed by atoms with Gasteiger partial charge in [-0.3, -0.25) is 29.3 Å². The highest BCUT2D eigenvalue weighted by molar-refractivity contribution is 6.04. The van der Waals surface area contributed by atoms with Crippen molar-refractivity contribution in [2.75, 3.05) is 26.2 Å². The van der Waals surface area contributed by atoms with E-state index in [0.29, 0.717) is 11.1 Å². The van der Waals surface area contributed by atoms with Crippen molar-refractivity contribution in [1.29, 1.82) is 10.5 Å². The third-order valence-corrected chi connectivity index (χ3v) is 6.26. The quantitative estimate of drug-likeness (QED) is 0.0895. The highest BCUT2D eigenvalue weighted by Gasteiger charge is 2.28. The molecule has 2 rings (SSSR count). The summed E-state index contributed by atoms with van der Waals surface area (Å²) in [6.07, 6.45) is 2.54. The fourth-order valence-corrected chi connectivity index (χ4v) is 4.21. The van der Waals surface area contributed by atoms with Gasteiger partial charge in [-0.05, 0) is 131 Å². The second-order valence-electron chi connectivity index (χ2n) is 16.9. The first kappa shape index (κ1) is 54.3. The summed E-state index contributed by atoms with van der Waals surface area (Å²) in [6, 6.07) is 15.1. The summed E-state index contributed by atoms with van der Waals surface area (Å²) in [5.74, 6) is -4.17. The molecule has 17 heteroatoms. The van der Waals surface area contributed by atoms with E-state index in [9.17, 15) is 39.1 Å². The standard InChI is InChI=1S/C22H28N2O6.C12H23NO4.C10H7NO3/c1-21(2,3)29-18(26)13-24(14-19(27)30-22(4,5)6)20(28)16(12-23)11-15-7-9-17(25)10-8-15;1-11(2,3)16-9(14)7-13-8-10(15)17-12(4,5)6;11-6-8(10(13)14)5-7-1-3-9(12)4-2-7/h7-11,25H,13-14H2,1-6H3;13H,7-8H2,1-6H3;1-5,12H,(H,13,14)/b16-11+;;8-5+. The number of nitriles is 2. The third-order valence-electron chi connectivity index (χ3n) is 6.26. The number of hydrogen-bond donors (Lipinski definition) is 4. The Hall–Kier alpha value is -6.72. The molecule has 0 heterocycles. The number of hydrogen-bond acceptors (Lipinski definition) is 15. The first-order chi connectivity index (χ1) is 27.8. The first-order valence-corrected chi connectivity index (χ1v) is 18.8. The molecule has 0 aliphatic heterocycles. The molecule has 0 aliphatic carbocycles. The van der Waals surface area contributed by atoms with E-state index < -0.39 is 59.3 Å². The molecule has 2 aromatic rings. The molecule has 0 atom stereocenters. The molecule has 0 aromatic heterocycles. The van der Waals surface area contributed by atoms with Crippen LogP contribution in [0.1, 0.15) is 94.2 Å². The third kappa shape index (κ3) is 27.6. The Kier molecular flexibility index (Phi) is 21.7. The molecule has 332 valence electrons. The molecular formula is C44H58N4O13. The van der Waals surface area contributed by atoms with Crippen molar-refractivity contribution in [3.05, 3.63) is 70.8 Å². The Morgan fingerprint density at radius 2 is 0.852 bits per heavy atom. The van der Waals surface area contributed by atoms with Crippen LogP contribution in [0.3, 0.4) is 0 Å². The summed E-state index contributed by atoms with van der Waals surface area (Å²) < 4.78 is 20.6. The number of carboxylic acids is 1. The van der Waals surface area contributed by atoms with Gasteiger partial charge in [0.2, 0.25) is 0 Å². The normalized spacial score (nSPS) is 11.7. The van der Waals surface area contributed by atoms with Crippen molar-refractivity contribution in [1.82, 2.24) is 10.2 Å². The summed E-state index contributed by atoms with van der Waals surface area (Å²) >= 11 is 0. The summed E-state index contributed by atoms with van der Waals surface area (Å²) in [5.41, 5.74) is -2.15. The van der Waals surface area contributed by atoms with Crippen LogP contribution < -0.4 is 5.32 Å². The van der Waals surface area contributed by atoms with Gasteiger partial charge >= 0.3 is 29.8 Å². The zero-order valence-electron chi connectivity index (χ0n) is 36.9. The molecule has 17 nitrogen and oxygen atoms in total. The van der Waals surface area contributed by atoms with Gasteiger partial charge in [0.05, 0.1) is 13.1 Å². The van der Waals surface area contributed by atoms with Gasteiger partial charge in [-0.2, -0.15) is 10.5 Å². The van der Waals surface area contributed by atoms with Crippen LogP contribution in [0.2, 0.25) is 0 Å². The zero-order chi connectivity index (χ0) is 47.4. The minimum Gasteiger partial charge on any atom is -0.508 e. The van der Waals surface area contributed by atoms with Crippen LogP contribution in [0.25, 0.3) is 12.2 Å². The van der Waals surface area contributed by atoms with E-state index in [2.05, 4.69) is 5.32 Å². The minimum absolute atomic E-state index is 0.00346. The molecule has 0 radical (unpaired) electrons. The number of nitrogens with zero attached hydrogens (tertiary/aromatic N) is 3. The lowest BCUT2D eigenvalue weighted by atomic mass is 10.1. The van der Waals surface area contributed by atoms with Gasteiger partial charge in [-0.1, -0.05) is 24.3 Å². The van der Waals surface area contributed by atoms with Crippen LogP contribution >= 0.6 is 0 Å². The van der Waals surface area contributed by atoms with Gasteiger partial charge in [0.25, 0.3) is 5.91 Å². The highest BCUT2D eigenvalue weighted by atomic mass is 16.6. The van der Waals surface area contributed by atoms with Crippen molar-refractivity contribution in [3.63, 3.8) is 0 Å². The average Bonchev–Trinajstić information content (AvgIpc) is 3.08. The molecule has 0 fully saturated rings. The number of ether oxygens (including phenoxy) is 4. The van der Waals surface area contributed by atoms with E-state index in [1.165, 1.54) is 60.7 Å². The highest BCUT2D eigenvalue weighted by Crippen LogP contribution is 2.16. The van der Waals surface area contributed by atoms with Crippen LogP contribution in [-0.4, -0.2) is 105 Å². The van der Waals surface area contributed by atoms with E-state index in [4.69, 9.17) is 34.4 Å². The maximum absolute atomic E-state index is 12.9. The van der Waals surface area contributed by atoms with Crippen molar-refractivity contribution in [3.8, 4) is 23.6 Å². The number of phenols is 2. The lowest BCUT2D eigenvalue weighted by molar-refractivity contribution is -0.163. The molecule has 4 N–H and O–H groups in total. The number of esters is 4. The Balaban J connectivity index is 0.000000978. The van der Waals surface area contributed by atoms with Crippen LogP contribution in [0.15, 0.2) is 59.7 Å². The van der Waals surface area contributed by atoms with Crippen molar-refractivity contribution >= 4 is 47.9 Å². The number of amides is 1. The molecule has 0 saturated heterocycles. The van der Waals surface area contributed by atoms with E-state index in [1.807, 2.05) is 0 Å². The number of carbonyl (C=O) groups excluding carboxylic acids is 5. The maximum atomic E-state index is 12.9. The molecular weight excluding hydrogens is 792 g/mol. The summed E-state index contributed by atoms with van der Waals surface area (Å²) in [7, 11) is 0. The number of aliphatic carboxylic acids is 1. The largest absolute Gasteiger partial charge is 0.508 e. The topological polar surface area (TPSA) is 263 Å². The number of carboxylic acid groups (broad SMARTS) is 1. The van der Waals surface area contributed by atoms with Gasteiger partial charge in [-0.15, -0.1) is 0 Å². The lowest BCUT2D eigenvalue weighted by Gasteiger charge is -2.26. The fourth-order valence-electron chi connectivity index (χ4n) is 4.21. The van der Waals surface area contributed by atoms with Gasteiger partial charge < -0.3 is 39.2 Å². The van der Waals surface area contributed by atoms with Crippen LogP contribution in [-0.2, 0) is 47.7 Å². The average molecular weight is 851 g/mol. The predicted molar refractivity (Wildman–Crippen MR) is 224 cm³/mol. The second-order valence-corrected chi connectivity index (χ2v) is 16.9. The van der Waals surface area contributed by atoms with Crippen molar-refractivity contribution in [2.24, 2.45) is 0 Å². The van der Waals surface area contributed by atoms with Crippen LogP contribution in [0, 0.1) is 22.7 Å². The van der Waals surface area contributed by atoms with Crippen LogP contribution in [0.4, 0.5) is 0 Å². The maximum Gasteiger partial charge on any atom is 0.346 e. The van der Waals surface area contributed by atoms with Gasteiger partial charge in [0, 0.05) is 0 Å². The Morgan fingerprint density at radius 1 is 0.557 bits per heavy atom. The smallest absolute Gasteiger partial charge is 0.346 e. The van der Waals surface area contributed by atoms with E-state index >= 15 is 0 Å². The van der Waals surface area contributed by atoms with Gasteiger partial charge in [0.1, 0.15) is 70.3 Å². The second kappa shape index (κ2) is 24.4. The monoisotopic (exact) mass is 850 g/mol. The Morgan fingerprint density at radius 3 is 1.13 bits per heavy atom. The number of rotatable bonds is 12. The fraction of sp³-hybridized carbons (Fsp3) is 0.455. The zero-order valence-corrected chi connectivity index (χ0v) is 36.9. The van der Waals surface area contributed by atoms with Gasteiger partial charge in [-0.25, -0.2) is 4.79 Å². The molecule has 2 aromatic carbocycles. The van der Waals surface area contributed by atoms with E-state index in [0.717, 1.165) is 4.90 Å².